The molecule has 0 saturated carbocycles. The predicted octanol–water partition coefficient (Wildman–Crippen LogP) is 5.65. The van der Waals surface area contributed by atoms with Gasteiger partial charge < -0.3 is 14.6 Å². The number of anilines is 1. The SMILES string of the molecule is COc1ccc(C=Cc2noc(C)c2NC(=O)Cc2c(Cl)cccc2Cl)cc1. The summed E-state index contributed by atoms with van der Waals surface area (Å²) in [4.78, 5) is 12.5. The van der Waals surface area contributed by atoms with Crippen LogP contribution in [0.4, 0.5) is 5.69 Å². The first kappa shape index (κ1) is 20.0. The summed E-state index contributed by atoms with van der Waals surface area (Å²) in [6.45, 7) is 1.73. The number of nitrogens with one attached hydrogen (secondary N) is 1. The molecule has 0 saturated heterocycles. The van der Waals surface area contributed by atoms with Crippen molar-refractivity contribution in [3.63, 3.8) is 0 Å². The van der Waals surface area contributed by atoms with Crippen molar-refractivity contribution in [3.8, 4) is 5.75 Å². The zero-order valence-corrected chi connectivity index (χ0v) is 16.8. The summed E-state index contributed by atoms with van der Waals surface area (Å²) < 4.78 is 10.4. The van der Waals surface area contributed by atoms with Crippen LogP contribution in [0.3, 0.4) is 0 Å². The molecule has 28 heavy (non-hydrogen) atoms. The summed E-state index contributed by atoms with van der Waals surface area (Å²) >= 11 is 12.3. The quantitative estimate of drug-likeness (QED) is 0.563. The van der Waals surface area contributed by atoms with E-state index in [0.29, 0.717) is 32.8 Å². The van der Waals surface area contributed by atoms with Crippen LogP contribution in [0.1, 0.15) is 22.6 Å². The third-order valence-corrected chi connectivity index (χ3v) is 4.81. The number of carbonyl (C=O) groups is 1. The fourth-order valence-electron chi connectivity index (χ4n) is 2.59. The lowest BCUT2D eigenvalue weighted by Crippen LogP contribution is -2.15. The molecule has 0 spiro atoms. The molecule has 1 heterocycles. The largest absolute Gasteiger partial charge is 0.497 e. The fraction of sp³-hybridized carbons (Fsp3) is 0.143. The zero-order valence-electron chi connectivity index (χ0n) is 15.3. The standard InChI is InChI=1S/C21H18Cl2N2O3/c1-13-21(24-20(26)12-16-17(22)4-3-5-18(16)23)19(25-28-13)11-8-14-6-9-15(27-2)10-7-14/h3-11H,12H2,1-2H3,(H,24,26). The molecule has 144 valence electrons. The number of benzene rings is 2. The highest BCUT2D eigenvalue weighted by molar-refractivity contribution is 6.36. The Bertz CT molecular complexity index is 991. The van der Waals surface area contributed by atoms with E-state index >= 15 is 0 Å². The van der Waals surface area contributed by atoms with Crippen LogP contribution < -0.4 is 10.1 Å². The van der Waals surface area contributed by atoms with Gasteiger partial charge in [0.2, 0.25) is 5.91 Å². The number of ether oxygens (including phenoxy) is 1. The molecule has 0 radical (unpaired) electrons. The number of halogens is 2. The van der Waals surface area contributed by atoms with Crippen LogP contribution in [0.2, 0.25) is 10.0 Å². The summed E-state index contributed by atoms with van der Waals surface area (Å²) in [5, 5.41) is 7.74. The lowest BCUT2D eigenvalue weighted by Gasteiger charge is -2.08. The van der Waals surface area contributed by atoms with Gasteiger partial charge in [-0.1, -0.05) is 52.6 Å². The van der Waals surface area contributed by atoms with E-state index in [1.54, 1.807) is 38.3 Å². The van der Waals surface area contributed by atoms with Crippen molar-refractivity contribution in [2.45, 2.75) is 13.3 Å². The highest BCUT2D eigenvalue weighted by Gasteiger charge is 2.16. The molecule has 0 bridgehead atoms. The van der Waals surface area contributed by atoms with E-state index in [2.05, 4.69) is 10.5 Å². The van der Waals surface area contributed by atoms with Gasteiger partial charge in [-0.15, -0.1) is 0 Å². The third-order valence-electron chi connectivity index (χ3n) is 4.10. The Balaban J connectivity index is 1.75. The molecule has 3 rings (SSSR count). The van der Waals surface area contributed by atoms with E-state index < -0.39 is 0 Å². The molecule has 0 aliphatic carbocycles. The summed E-state index contributed by atoms with van der Waals surface area (Å²) in [5.74, 6) is 1.02. The molecule has 1 amide bonds. The Hall–Kier alpha value is -2.76. The molecular formula is C21H18Cl2N2O3. The minimum atomic E-state index is -0.264. The highest BCUT2D eigenvalue weighted by atomic mass is 35.5. The second kappa shape index (κ2) is 8.95. The first-order valence-electron chi connectivity index (χ1n) is 8.49. The van der Waals surface area contributed by atoms with Crippen LogP contribution in [0.5, 0.6) is 5.75 Å². The lowest BCUT2D eigenvalue weighted by molar-refractivity contribution is -0.115. The van der Waals surface area contributed by atoms with Crippen LogP contribution in [0.15, 0.2) is 47.0 Å². The molecule has 3 aromatic rings. The van der Waals surface area contributed by atoms with Gasteiger partial charge in [-0.25, -0.2) is 0 Å². The number of methoxy groups -OCH3 is 1. The Kier molecular flexibility index (Phi) is 6.39. The van der Waals surface area contributed by atoms with E-state index in [9.17, 15) is 4.79 Å². The molecule has 0 aliphatic heterocycles. The number of aryl methyl sites for hydroxylation is 1. The van der Waals surface area contributed by atoms with Gasteiger partial charge in [0, 0.05) is 10.0 Å². The predicted molar refractivity (Wildman–Crippen MR) is 112 cm³/mol. The number of rotatable bonds is 6. The molecule has 2 aromatic carbocycles. The van der Waals surface area contributed by atoms with E-state index in [1.807, 2.05) is 30.3 Å². The molecule has 0 aliphatic rings. The van der Waals surface area contributed by atoms with Gasteiger partial charge in [0.25, 0.3) is 0 Å². The summed E-state index contributed by atoms with van der Waals surface area (Å²) in [6.07, 6.45) is 3.69. The van der Waals surface area contributed by atoms with Crippen LogP contribution in [0.25, 0.3) is 12.2 Å². The van der Waals surface area contributed by atoms with Crippen LogP contribution in [-0.2, 0) is 11.2 Å². The smallest absolute Gasteiger partial charge is 0.229 e. The molecule has 0 fully saturated rings. The van der Waals surface area contributed by atoms with E-state index in [0.717, 1.165) is 11.3 Å². The number of hydrogen-bond acceptors (Lipinski definition) is 4. The second-order valence-corrected chi connectivity index (χ2v) is 6.85. The Morgan fingerprint density at radius 1 is 1.14 bits per heavy atom. The van der Waals surface area contributed by atoms with Crippen LogP contribution >= 0.6 is 23.2 Å². The van der Waals surface area contributed by atoms with Crippen molar-refractivity contribution in [1.82, 2.24) is 5.16 Å². The maximum absolute atomic E-state index is 12.5. The van der Waals surface area contributed by atoms with Crippen molar-refractivity contribution < 1.29 is 14.1 Å². The lowest BCUT2D eigenvalue weighted by atomic mass is 10.1. The number of aromatic nitrogens is 1. The summed E-state index contributed by atoms with van der Waals surface area (Å²) in [6, 6.07) is 12.7. The van der Waals surface area contributed by atoms with Gasteiger partial charge in [-0.3, -0.25) is 4.79 Å². The van der Waals surface area contributed by atoms with Gasteiger partial charge in [0.05, 0.1) is 13.5 Å². The topological polar surface area (TPSA) is 64.4 Å². The van der Waals surface area contributed by atoms with E-state index in [4.69, 9.17) is 32.5 Å². The maximum Gasteiger partial charge on any atom is 0.229 e. The first-order chi connectivity index (χ1) is 13.5. The summed E-state index contributed by atoms with van der Waals surface area (Å²) in [7, 11) is 1.62. The van der Waals surface area contributed by atoms with Crippen molar-refractivity contribution in [1.29, 1.82) is 0 Å². The second-order valence-electron chi connectivity index (χ2n) is 6.03. The zero-order chi connectivity index (χ0) is 20.1. The summed E-state index contributed by atoms with van der Waals surface area (Å²) in [5.41, 5.74) is 2.57. The minimum absolute atomic E-state index is 0.0464. The first-order valence-corrected chi connectivity index (χ1v) is 9.24. The van der Waals surface area contributed by atoms with Crippen LogP contribution in [-0.4, -0.2) is 18.2 Å². The van der Waals surface area contributed by atoms with Gasteiger partial charge in [-0.05, 0) is 48.4 Å². The van der Waals surface area contributed by atoms with Gasteiger partial charge in [-0.2, -0.15) is 0 Å². The number of hydrogen-bond donors (Lipinski definition) is 1. The number of amides is 1. The van der Waals surface area contributed by atoms with Gasteiger partial charge in [0.1, 0.15) is 17.1 Å². The Morgan fingerprint density at radius 3 is 2.46 bits per heavy atom. The molecular weight excluding hydrogens is 399 g/mol. The van der Waals surface area contributed by atoms with Crippen LogP contribution in [0, 0.1) is 6.92 Å². The average Bonchev–Trinajstić information content (AvgIpc) is 3.03. The minimum Gasteiger partial charge on any atom is -0.497 e. The van der Waals surface area contributed by atoms with Gasteiger partial charge in [0.15, 0.2) is 5.76 Å². The normalized spacial score (nSPS) is 11.0. The Morgan fingerprint density at radius 2 is 1.82 bits per heavy atom. The monoisotopic (exact) mass is 416 g/mol. The maximum atomic E-state index is 12.5. The Labute approximate surface area is 172 Å². The van der Waals surface area contributed by atoms with E-state index in [-0.39, 0.29) is 12.3 Å². The number of carbonyl (C=O) groups excluding carboxylic acids is 1. The molecule has 0 unspecified atom stereocenters. The van der Waals surface area contributed by atoms with Crippen molar-refractivity contribution >= 4 is 46.9 Å². The average molecular weight is 417 g/mol. The molecule has 1 aromatic heterocycles. The molecule has 0 atom stereocenters. The van der Waals surface area contributed by atoms with Crippen molar-refractivity contribution in [3.05, 3.63) is 75.1 Å². The number of nitrogens with zero attached hydrogens (tertiary/aromatic N) is 1. The third kappa shape index (κ3) is 4.74. The highest BCUT2D eigenvalue weighted by Crippen LogP contribution is 2.27. The molecule has 7 heteroatoms. The molecule has 5 nitrogen and oxygen atoms in total. The van der Waals surface area contributed by atoms with Crippen molar-refractivity contribution in [2.75, 3.05) is 12.4 Å². The molecule has 1 N–H and O–H groups in total. The van der Waals surface area contributed by atoms with Gasteiger partial charge >= 0.3 is 0 Å². The van der Waals surface area contributed by atoms with Crippen molar-refractivity contribution in [2.24, 2.45) is 0 Å². The fourth-order valence-corrected chi connectivity index (χ4v) is 3.12. The van der Waals surface area contributed by atoms with E-state index in [1.165, 1.54) is 0 Å².